The van der Waals surface area contributed by atoms with E-state index in [0.717, 1.165) is 11.3 Å². The van der Waals surface area contributed by atoms with Gasteiger partial charge in [0.2, 0.25) is 5.91 Å². The molecule has 0 aliphatic heterocycles. The zero-order valence-electron chi connectivity index (χ0n) is 14.6. The Bertz CT molecular complexity index is 898. The Morgan fingerprint density at radius 1 is 1.19 bits per heavy atom. The predicted molar refractivity (Wildman–Crippen MR) is 96.1 cm³/mol. The van der Waals surface area contributed by atoms with Crippen molar-refractivity contribution >= 4 is 11.8 Å². The zero-order valence-corrected chi connectivity index (χ0v) is 14.6. The Labute approximate surface area is 151 Å². The average molecular weight is 352 g/mol. The minimum atomic E-state index is -0.693. The van der Waals surface area contributed by atoms with Crippen molar-refractivity contribution in [2.24, 2.45) is 7.05 Å². The maximum Gasteiger partial charge on any atom is 0.274 e. The first kappa shape index (κ1) is 17.5. The molecule has 2 amide bonds. The second kappa shape index (κ2) is 7.69. The topological polar surface area (TPSA) is 89.2 Å². The van der Waals surface area contributed by atoms with Gasteiger partial charge in [0.25, 0.3) is 5.91 Å². The van der Waals surface area contributed by atoms with Gasteiger partial charge in [-0.2, -0.15) is 0 Å². The third-order valence-electron chi connectivity index (χ3n) is 3.99. The summed E-state index contributed by atoms with van der Waals surface area (Å²) in [5.41, 5.74) is 1.93. The van der Waals surface area contributed by atoms with E-state index in [1.165, 1.54) is 0 Å². The van der Waals surface area contributed by atoms with Crippen LogP contribution in [-0.2, 0) is 18.4 Å². The van der Waals surface area contributed by atoms with Crippen molar-refractivity contribution in [1.82, 2.24) is 20.4 Å². The summed E-state index contributed by atoms with van der Waals surface area (Å²) >= 11 is 0. The summed E-state index contributed by atoms with van der Waals surface area (Å²) < 4.78 is 7.09. The first-order valence-electron chi connectivity index (χ1n) is 8.25. The highest BCUT2D eigenvalue weighted by molar-refractivity contribution is 5.96. The molecule has 0 saturated heterocycles. The normalized spacial score (nSPS) is 11.8. The predicted octanol–water partition coefficient (Wildman–Crippen LogP) is 2.11. The fraction of sp³-hybridized carbons (Fsp3) is 0.211. The molecule has 7 heteroatoms. The van der Waals surface area contributed by atoms with Crippen molar-refractivity contribution in [3.63, 3.8) is 0 Å². The van der Waals surface area contributed by atoms with E-state index >= 15 is 0 Å². The van der Waals surface area contributed by atoms with Crippen molar-refractivity contribution < 1.29 is 14.1 Å². The number of amides is 2. The quantitative estimate of drug-likeness (QED) is 0.711. The fourth-order valence-corrected chi connectivity index (χ4v) is 2.49. The number of carbonyl (C=O) groups is 2. The summed E-state index contributed by atoms with van der Waals surface area (Å²) in [6.45, 7) is 2.03. The second-order valence-corrected chi connectivity index (χ2v) is 5.98. The van der Waals surface area contributed by atoms with Gasteiger partial charge in [-0.1, -0.05) is 35.5 Å². The molecule has 2 aromatic heterocycles. The first-order chi connectivity index (χ1) is 12.5. The van der Waals surface area contributed by atoms with E-state index in [2.05, 4.69) is 15.8 Å². The SMILES string of the molecule is C[C@H](NC(=O)c1cc(-c2cccn2C)on1)C(=O)NCc1ccccc1. The molecule has 1 atom stereocenters. The number of rotatable bonds is 6. The number of nitrogens with zero attached hydrogens (tertiary/aromatic N) is 2. The molecule has 7 nitrogen and oxygen atoms in total. The molecule has 2 N–H and O–H groups in total. The minimum Gasteiger partial charge on any atom is -0.354 e. The molecule has 134 valence electrons. The van der Waals surface area contributed by atoms with Crippen LogP contribution in [0.2, 0.25) is 0 Å². The second-order valence-electron chi connectivity index (χ2n) is 5.98. The molecule has 2 heterocycles. The molecule has 0 spiro atoms. The van der Waals surface area contributed by atoms with Crippen LogP contribution in [0.25, 0.3) is 11.5 Å². The number of hydrogen-bond acceptors (Lipinski definition) is 4. The van der Waals surface area contributed by atoms with Gasteiger partial charge in [0.05, 0.1) is 5.69 Å². The van der Waals surface area contributed by atoms with Crippen LogP contribution < -0.4 is 10.6 Å². The van der Waals surface area contributed by atoms with Gasteiger partial charge >= 0.3 is 0 Å². The van der Waals surface area contributed by atoms with Gasteiger partial charge < -0.3 is 19.7 Å². The van der Waals surface area contributed by atoms with Gasteiger partial charge in [0, 0.05) is 25.9 Å². The number of aromatic nitrogens is 2. The van der Waals surface area contributed by atoms with E-state index < -0.39 is 11.9 Å². The lowest BCUT2D eigenvalue weighted by atomic mass is 10.2. The van der Waals surface area contributed by atoms with Gasteiger partial charge in [0.15, 0.2) is 11.5 Å². The smallest absolute Gasteiger partial charge is 0.274 e. The Morgan fingerprint density at radius 2 is 1.96 bits per heavy atom. The minimum absolute atomic E-state index is 0.129. The van der Waals surface area contributed by atoms with Crippen molar-refractivity contribution in [2.75, 3.05) is 0 Å². The van der Waals surface area contributed by atoms with E-state index in [4.69, 9.17) is 4.52 Å². The highest BCUT2D eigenvalue weighted by atomic mass is 16.5. The number of aryl methyl sites for hydroxylation is 1. The summed E-state index contributed by atoms with van der Waals surface area (Å²) in [6.07, 6.45) is 1.87. The van der Waals surface area contributed by atoms with Crippen LogP contribution in [0.5, 0.6) is 0 Å². The molecule has 1 aromatic carbocycles. The maximum absolute atomic E-state index is 12.3. The lowest BCUT2D eigenvalue weighted by Crippen LogP contribution is -2.44. The molecular weight excluding hydrogens is 332 g/mol. The number of benzene rings is 1. The zero-order chi connectivity index (χ0) is 18.5. The van der Waals surface area contributed by atoms with Gasteiger partial charge in [-0.25, -0.2) is 0 Å². The largest absolute Gasteiger partial charge is 0.354 e. The molecule has 0 radical (unpaired) electrons. The van der Waals surface area contributed by atoms with Crippen LogP contribution in [0.3, 0.4) is 0 Å². The fourth-order valence-electron chi connectivity index (χ4n) is 2.49. The van der Waals surface area contributed by atoms with E-state index in [9.17, 15) is 9.59 Å². The first-order valence-corrected chi connectivity index (χ1v) is 8.25. The van der Waals surface area contributed by atoms with Crippen LogP contribution in [0.1, 0.15) is 23.0 Å². The van der Waals surface area contributed by atoms with Crippen molar-refractivity contribution in [3.05, 3.63) is 66.0 Å². The van der Waals surface area contributed by atoms with Crippen LogP contribution in [0, 0.1) is 0 Å². The molecule has 0 saturated carbocycles. The van der Waals surface area contributed by atoms with Crippen LogP contribution >= 0.6 is 0 Å². The monoisotopic (exact) mass is 352 g/mol. The summed E-state index contributed by atoms with van der Waals surface area (Å²) in [7, 11) is 1.87. The van der Waals surface area contributed by atoms with Gasteiger partial charge in [-0.05, 0) is 24.6 Å². The maximum atomic E-state index is 12.3. The van der Waals surface area contributed by atoms with E-state index in [0.29, 0.717) is 12.3 Å². The molecular formula is C19H20N4O3. The van der Waals surface area contributed by atoms with Crippen molar-refractivity contribution in [3.8, 4) is 11.5 Å². The number of nitrogens with one attached hydrogen (secondary N) is 2. The molecule has 0 fully saturated rings. The molecule has 0 aliphatic rings. The third kappa shape index (κ3) is 4.00. The number of carbonyl (C=O) groups excluding carboxylic acids is 2. The van der Waals surface area contributed by atoms with Crippen LogP contribution in [0.15, 0.2) is 59.3 Å². The summed E-state index contributed by atoms with van der Waals surface area (Å²) in [6, 6.07) is 14.2. The molecule has 0 bridgehead atoms. The lowest BCUT2D eigenvalue weighted by Gasteiger charge is -2.13. The van der Waals surface area contributed by atoms with E-state index in [-0.39, 0.29) is 11.6 Å². The van der Waals surface area contributed by atoms with E-state index in [1.54, 1.807) is 13.0 Å². The van der Waals surface area contributed by atoms with Crippen molar-refractivity contribution in [1.29, 1.82) is 0 Å². The average Bonchev–Trinajstić information content (AvgIpc) is 3.29. The van der Waals surface area contributed by atoms with Gasteiger partial charge in [-0.3, -0.25) is 9.59 Å². The molecule has 0 aliphatic carbocycles. The van der Waals surface area contributed by atoms with Gasteiger partial charge in [0.1, 0.15) is 6.04 Å². The lowest BCUT2D eigenvalue weighted by molar-refractivity contribution is -0.122. The highest BCUT2D eigenvalue weighted by Gasteiger charge is 2.20. The summed E-state index contributed by atoms with van der Waals surface area (Å²) in [4.78, 5) is 24.4. The summed E-state index contributed by atoms with van der Waals surface area (Å²) in [5, 5.41) is 9.20. The molecule has 0 unspecified atom stereocenters. The van der Waals surface area contributed by atoms with Crippen molar-refractivity contribution in [2.45, 2.75) is 19.5 Å². The van der Waals surface area contributed by atoms with E-state index in [1.807, 2.05) is 60.3 Å². The summed E-state index contributed by atoms with van der Waals surface area (Å²) in [5.74, 6) is -0.242. The number of hydrogen-bond donors (Lipinski definition) is 2. The van der Waals surface area contributed by atoms with Crippen LogP contribution in [0.4, 0.5) is 0 Å². The third-order valence-corrected chi connectivity index (χ3v) is 3.99. The van der Waals surface area contributed by atoms with Gasteiger partial charge in [-0.15, -0.1) is 0 Å². The Hall–Kier alpha value is -3.35. The molecule has 3 rings (SSSR count). The molecule has 3 aromatic rings. The Morgan fingerprint density at radius 3 is 2.65 bits per heavy atom. The standard InChI is InChI=1S/C19H20N4O3/c1-13(18(24)20-12-14-7-4-3-5-8-14)21-19(25)15-11-17(26-22-15)16-9-6-10-23(16)2/h3-11,13H,12H2,1-2H3,(H,20,24)(H,21,25)/t13-/m0/s1. The highest BCUT2D eigenvalue weighted by Crippen LogP contribution is 2.20. The van der Waals surface area contributed by atoms with Crippen LogP contribution in [-0.4, -0.2) is 27.6 Å². The Kier molecular flexibility index (Phi) is 5.17. The Balaban J connectivity index is 1.56. The molecule has 26 heavy (non-hydrogen) atoms.